The molecule has 4 heteroatoms. The fourth-order valence-electron chi connectivity index (χ4n) is 4.01. The lowest BCUT2D eigenvalue weighted by Gasteiger charge is -2.46. The van der Waals surface area contributed by atoms with Crippen molar-refractivity contribution in [2.24, 2.45) is 0 Å². The molecule has 0 saturated carbocycles. The third-order valence-corrected chi connectivity index (χ3v) is 4.48. The number of piperidine rings is 1. The molecule has 128 valence electrons. The summed E-state index contributed by atoms with van der Waals surface area (Å²) in [4.78, 5) is 17.2. The number of hydrogen-bond acceptors (Lipinski definition) is 3. The standard InChI is InChI=1S/C19H31N3O/c1-6-9-15(16-10-7-8-11-20-16)17(23)21-14-12-18(2,3)22-19(4,5)13-14/h7-8,10-11,14-15,22H,6,9,12-13H2,1-5H3,(H,21,23). The second-order valence-electron chi connectivity index (χ2n) is 8.10. The van der Waals surface area contributed by atoms with Crippen LogP contribution in [0.15, 0.2) is 24.4 Å². The quantitative estimate of drug-likeness (QED) is 0.875. The van der Waals surface area contributed by atoms with Crippen LogP contribution in [0, 0.1) is 0 Å². The van der Waals surface area contributed by atoms with E-state index < -0.39 is 0 Å². The van der Waals surface area contributed by atoms with Gasteiger partial charge in [-0.3, -0.25) is 9.78 Å². The fourth-order valence-corrected chi connectivity index (χ4v) is 4.01. The smallest absolute Gasteiger partial charge is 0.229 e. The highest BCUT2D eigenvalue weighted by Gasteiger charge is 2.38. The molecule has 1 unspecified atom stereocenters. The van der Waals surface area contributed by atoms with Gasteiger partial charge in [0.15, 0.2) is 0 Å². The van der Waals surface area contributed by atoms with Crippen molar-refractivity contribution in [1.82, 2.24) is 15.6 Å². The van der Waals surface area contributed by atoms with E-state index in [1.165, 1.54) is 0 Å². The molecule has 4 nitrogen and oxygen atoms in total. The normalized spacial score (nSPS) is 21.6. The highest BCUT2D eigenvalue weighted by atomic mass is 16.2. The van der Waals surface area contributed by atoms with Crippen molar-refractivity contribution in [3.8, 4) is 0 Å². The molecule has 0 spiro atoms. The summed E-state index contributed by atoms with van der Waals surface area (Å²) in [6.07, 6.45) is 5.47. The van der Waals surface area contributed by atoms with Gasteiger partial charge in [-0.25, -0.2) is 0 Å². The first-order chi connectivity index (χ1) is 10.7. The second-order valence-corrected chi connectivity index (χ2v) is 8.10. The lowest BCUT2D eigenvalue weighted by Crippen LogP contribution is -2.62. The summed E-state index contributed by atoms with van der Waals surface area (Å²) in [5.74, 6) is -0.0358. The van der Waals surface area contributed by atoms with E-state index in [-0.39, 0.29) is 28.9 Å². The van der Waals surface area contributed by atoms with Crippen LogP contribution in [0.5, 0.6) is 0 Å². The van der Waals surface area contributed by atoms with Gasteiger partial charge in [-0.15, -0.1) is 0 Å². The van der Waals surface area contributed by atoms with Crippen molar-refractivity contribution in [3.05, 3.63) is 30.1 Å². The Morgan fingerprint density at radius 1 is 1.30 bits per heavy atom. The van der Waals surface area contributed by atoms with E-state index in [0.29, 0.717) is 0 Å². The van der Waals surface area contributed by atoms with Gasteiger partial charge in [0.05, 0.1) is 11.6 Å². The summed E-state index contributed by atoms with van der Waals surface area (Å²) >= 11 is 0. The minimum atomic E-state index is -0.151. The van der Waals surface area contributed by atoms with Crippen LogP contribution < -0.4 is 10.6 Å². The maximum absolute atomic E-state index is 12.9. The molecule has 1 saturated heterocycles. The summed E-state index contributed by atoms with van der Waals surface area (Å²) < 4.78 is 0. The van der Waals surface area contributed by atoms with Crippen LogP contribution in [0.4, 0.5) is 0 Å². The van der Waals surface area contributed by atoms with Crippen LogP contribution in [0.2, 0.25) is 0 Å². The molecule has 2 heterocycles. The van der Waals surface area contributed by atoms with Crippen LogP contribution in [0.3, 0.4) is 0 Å². The van der Waals surface area contributed by atoms with Crippen LogP contribution in [-0.2, 0) is 4.79 Å². The Bertz CT molecular complexity index is 509. The van der Waals surface area contributed by atoms with Crippen LogP contribution in [-0.4, -0.2) is 28.0 Å². The van der Waals surface area contributed by atoms with Crippen molar-refractivity contribution >= 4 is 5.91 Å². The molecule has 0 bridgehead atoms. The average molecular weight is 317 g/mol. The summed E-state index contributed by atoms with van der Waals surface area (Å²) in [5.41, 5.74) is 0.940. The van der Waals surface area contributed by atoms with Crippen LogP contribution >= 0.6 is 0 Å². The lowest BCUT2D eigenvalue weighted by molar-refractivity contribution is -0.124. The molecule has 1 aliphatic rings. The number of rotatable bonds is 5. The Labute approximate surface area is 140 Å². The first-order valence-corrected chi connectivity index (χ1v) is 8.73. The van der Waals surface area contributed by atoms with E-state index in [4.69, 9.17) is 0 Å². The molecular formula is C19H31N3O. The van der Waals surface area contributed by atoms with Gasteiger partial charge < -0.3 is 10.6 Å². The molecule has 0 radical (unpaired) electrons. The molecule has 23 heavy (non-hydrogen) atoms. The molecule has 1 aliphatic heterocycles. The van der Waals surface area contributed by atoms with Gasteiger partial charge in [0.2, 0.25) is 5.91 Å². The molecule has 1 aromatic heterocycles. The predicted molar refractivity (Wildman–Crippen MR) is 94.3 cm³/mol. The maximum atomic E-state index is 12.9. The number of amides is 1. The van der Waals surface area contributed by atoms with Crippen molar-refractivity contribution < 1.29 is 4.79 Å². The minimum absolute atomic E-state index is 0.0327. The Morgan fingerprint density at radius 3 is 2.48 bits per heavy atom. The molecule has 1 aromatic rings. The van der Waals surface area contributed by atoms with Gasteiger partial charge in [0, 0.05) is 23.3 Å². The van der Waals surface area contributed by atoms with Gasteiger partial charge in [-0.05, 0) is 59.1 Å². The first-order valence-electron chi connectivity index (χ1n) is 8.73. The van der Waals surface area contributed by atoms with E-state index >= 15 is 0 Å². The largest absolute Gasteiger partial charge is 0.353 e. The summed E-state index contributed by atoms with van der Waals surface area (Å²) in [5, 5.41) is 6.95. The molecule has 1 atom stereocenters. The molecule has 1 fully saturated rings. The van der Waals surface area contributed by atoms with E-state index in [0.717, 1.165) is 31.4 Å². The second kappa shape index (κ2) is 7.00. The minimum Gasteiger partial charge on any atom is -0.353 e. The number of nitrogens with one attached hydrogen (secondary N) is 2. The Kier molecular flexibility index (Phi) is 5.45. The van der Waals surface area contributed by atoms with Gasteiger partial charge in [-0.1, -0.05) is 19.4 Å². The van der Waals surface area contributed by atoms with Gasteiger partial charge in [-0.2, -0.15) is 0 Å². The summed E-state index contributed by atoms with van der Waals surface area (Å²) in [7, 11) is 0. The topological polar surface area (TPSA) is 54.0 Å². The number of nitrogens with zero attached hydrogens (tertiary/aromatic N) is 1. The number of aromatic nitrogens is 1. The monoisotopic (exact) mass is 317 g/mol. The summed E-state index contributed by atoms with van der Waals surface area (Å²) in [6.45, 7) is 10.9. The fraction of sp³-hybridized carbons (Fsp3) is 0.684. The number of hydrogen-bond donors (Lipinski definition) is 2. The summed E-state index contributed by atoms with van der Waals surface area (Å²) in [6, 6.07) is 6.00. The third-order valence-electron chi connectivity index (χ3n) is 4.48. The Hall–Kier alpha value is -1.42. The van der Waals surface area contributed by atoms with Crippen LogP contribution in [0.25, 0.3) is 0 Å². The number of pyridine rings is 1. The zero-order chi connectivity index (χ0) is 17.1. The highest BCUT2D eigenvalue weighted by molar-refractivity contribution is 5.83. The zero-order valence-electron chi connectivity index (χ0n) is 15.1. The average Bonchev–Trinajstić information content (AvgIpc) is 2.42. The number of carbonyl (C=O) groups is 1. The van der Waals surface area contributed by atoms with E-state index in [9.17, 15) is 4.79 Å². The molecular weight excluding hydrogens is 286 g/mol. The van der Waals surface area contributed by atoms with Crippen molar-refractivity contribution in [3.63, 3.8) is 0 Å². The van der Waals surface area contributed by atoms with Crippen molar-refractivity contribution in [2.75, 3.05) is 0 Å². The SMILES string of the molecule is CCCC(C(=O)NC1CC(C)(C)NC(C)(C)C1)c1ccccn1. The Balaban J connectivity index is 2.09. The molecule has 2 N–H and O–H groups in total. The Morgan fingerprint density at radius 2 is 1.96 bits per heavy atom. The van der Waals surface area contributed by atoms with Crippen LogP contribution in [0.1, 0.15) is 71.9 Å². The highest BCUT2D eigenvalue weighted by Crippen LogP contribution is 2.29. The van der Waals surface area contributed by atoms with Gasteiger partial charge >= 0.3 is 0 Å². The van der Waals surface area contributed by atoms with Gasteiger partial charge in [0.1, 0.15) is 0 Å². The molecule has 2 rings (SSSR count). The third kappa shape index (κ3) is 5.03. The molecule has 1 amide bonds. The number of carbonyl (C=O) groups excluding carboxylic acids is 1. The van der Waals surface area contributed by atoms with E-state index in [2.05, 4.69) is 50.2 Å². The lowest BCUT2D eigenvalue weighted by atomic mass is 9.79. The first kappa shape index (κ1) is 17.9. The molecule has 0 aromatic carbocycles. The zero-order valence-corrected chi connectivity index (χ0v) is 15.1. The van der Waals surface area contributed by atoms with Gasteiger partial charge in [0.25, 0.3) is 0 Å². The predicted octanol–water partition coefficient (Wildman–Crippen LogP) is 3.39. The van der Waals surface area contributed by atoms with E-state index in [1.54, 1.807) is 6.20 Å². The van der Waals surface area contributed by atoms with Crippen molar-refractivity contribution in [1.29, 1.82) is 0 Å². The molecule has 0 aliphatic carbocycles. The maximum Gasteiger partial charge on any atom is 0.229 e. The van der Waals surface area contributed by atoms with Crippen molar-refractivity contribution in [2.45, 2.75) is 83.3 Å². The van der Waals surface area contributed by atoms with E-state index in [1.807, 2.05) is 18.2 Å².